The highest BCUT2D eigenvalue weighted by atomic mass is 32.2. The van der Waals surface area contributed by atoms with Crippen molar-refractivity contribution in [1.82, 2.24) is 14.7 Å². The molecule has 2 aromatic rings. The van der Waals surface area contributed by atoms with E-state index in [0.29, 0.717) is 25.7 Å². The Hall–Kier alpha value is -2.50. The van der Waals surface area contributed by atoms with Crippen molar-refractivity contribution >= 4 is 10.0 Å². The topological polar surface area (TPSA) is 105 Å². The molecule has 7 nitrogen and oxygen atoms in total. The second kappa shape index (κ2) is 8.46. The monoisotopic (exact) mass is 386 g/mol. The highest BCUT2D eigenvalue weighted by molar-refractivity contribution is 7.88. The molecule has 1 heterocycles. The Bertz CT molecular complexity index is 932. The van der Waals surface area contributed by atoms with Gasteiger partial charge in [0.1, 0.15) is 12.2 Å². The van der Waals surface area contributed by atoms with Crippen LogP contribution in [0.1, 0.15) is 42.5 Å². The van der Waals surface area contributed by atoms with Crippen LogP contribution in [0.25, 0.3) is 0 Å². The number of nitrogens with one attached hydrogen (secondary N) is 1. The van der Waals surface area contributed by atoms with Gasteiger partial charge in [0.05, 0.1) is 5.75 Å². The summed E-state index contributed by atoms with van der Waals surface area (Å²) in [5.74, 6) is 0.222. The standard InChI is InChI=1S/C19H22N4O3S/c1-14-3-2-4-15(11-14)13-27(24,25)23-16-5-7-17(8-6-16)26-19-18(12-20)21-9-10-22-19/h2-4,9-11,16-17,23H,5-8,13H2,1H3. The summed E-state index contributed by atoms with van der Waals surface area (Å²) in [7, 11) is -3.39. The molecule has 0 saturated heterocycles. The number of hydrogen-bond donors (Lipinski definition) is 1. The van der Waals surface area contributed by atoms with Crippen molar-refractivity contribution in [3.63, 3.8) is 0 Å². The Labute approximate surface area is 159 Å². The average Bonchev–Trinajstić information content (AvgIpc) is 2.63. The number of ether oxygens (including phenoxy) is 1. The number of rotatable bonds is 6. The smallest absolute Gasteiger partial charge is 0.251 e. The first-order valence-corrected chi connectivity index (χ1v) is 10.5. The number of nitrogens with zero attached hydrogens (tertiary/aromatic N) is 3. The van der Waals surface area contributed by atoms with E-state index in [2.05, 4.69) is 14.7 Å². The second-order valence-corrected chi connectivity index (χ2v) is 8.53. The van der Waals surface area contributed by atoms with Gasteiger partial charge < -0.3 is 4.74 Å². The van der Waals surface area contributed by atoms with Gasteiger partial charge in [0.25, 0.3) is 5.88 Å². The summed E-state index contributed by atoms with van der Waals surface area (Å²) in [4.78, 5) is 7.99. The fourth-order valence-electron chi connectivity index (χ4n) is 3.26. The third-order valence-corrected chi connectivity index (χ3v) is 5.91. The minimum Gasteiger partial charge on any atom is -0.472 e. The highest BCUT2D eigenvalue weighted by Gasteiger charge is 2.26. The minimum atomic E-state index is -3.39. The van der Waals surface area contributed by atoms with Gasteiger partial charge in [-0.1, -0.05) is 29.8 Å². The van der Waals surface area contributed by atoms with E-state index in [1.807, 2.05) is 37.3 Å². The summed E-state index contributed by atoms with van der Waals surface area (Å²) in [6, 6.07) is 9.38. The van der Waals surface area contributed by atoms with Gasteiger partial charge >= 0.3 is 0 Å². The van der Waals surface area contributed by atoms with Gasteiger partial charge in [-0.15, -0.1) is 0 Å². The summed E-state index contributed by atoms with van der Waals surface area (Å²) >= 11 is 0. The lowest BCUT2D eigenvalue weighted by molar-refractivity contribution is 0.137. The molecule has 8 heteroatoms. The molecule has 1 aromatic carbocycles. The molecule has 3 rings (SSSR count). The molecule has 1 aliphatic rings. The molecule has 0 amide bonds. The molecule has 0 spiro atoms. The summed E-state index contributed by atoms with van der Waals surface area (Å²) in [6.07, 6.45) is 5.59. The molecule has 0 unspecified atom stereocenters. The number of aryl methyl sites for hydroxylation is 1. The number of benzene rings is 1. The first-order valence-electron chi connectivity index (χ1n) is 8.88. The zero-order valence-corrected chi connectivity index (χ0v) is 15.9. The van der Waals surface area contributed by atoms with Crippen LogP contribution in [0.2, 0.25) is 0 Å². The summed E-state index contributed by atoms with van der Waals surface area (Å²) in [5, 5.41) is 9.05. The average molecular weight is 386 g/mol. The van der Waals surface area contributed by atoms with Crippen LogP contribution in [0.4, 0.5) is 0 Å². The molecule has 1 aromatic heterocycles. The minimum absolute atomic E-state index is 0.0176. The number of hydrogen-bond acceptors (Lipinski definition) is 6. The van der Waals surface area contributed by atoms with Gasteiger partial charge in [-0.2, -0.15) is 5.26 Å². The zero-order valence-electron chi connectivity index (χ0n) is 15.1. The molecule has 1 fully saturated rings. The van der Waals surface area contributed by atoms with Crippen molar-refractivity contribution in [3.8, 4) is 11.9 Å². The molecule has 142 valence electrons. The normalized spacial score (nSPS) is 20.0. The maximum Gasteiger partial charge on any atom is 0.251 e. The van der Waals surface area contributed by atoms with E-state index in [-0.39, 0.29) is 29.5 Å². The molecule has 1 N–H and O–H groups in total. The van der Waals surface area contributed by atoms with Crippen molar-refractivity contribution < 1.29 is 13.2 Å². The zero-order chi connectivity index (χ0) is 19.3. The molecule has 27 heavy (non-hydrogen) atoms. The highest BCUT2D eigenvalue weighted by Crippen LogP contribution is 2.24. The molecule has 0 aliphatic heterocycles. The molecular formula is C19H22N4O3S. The molecule has 1 saturated carbocycles. The van der Waals surface area contributed by atoms with Crippen LogP contribution < -0.4 is 9.46 Å². The third kappa shape index (κ3) is 5.49. The van der Waals surface area contributed by atoms with E-state index in [9.17, 15) is 8.42 Å². The number of sulfonamides is 1. The molecule has 1 aliphatic carbocycles. The van der Waals surface area contributed by atoms with Crippen LogP contribution in [0.3, 0.4) is 0 Å². The van der Waals surface area contributed by atoms with Crippen LogP contribution in [0.5, 0.6) is 5.88 Å². The number of aromatic nitrogens is 2. The van der Waals surface area contributed by atoms with Crippen molar-refractivity contribution in [2.45, 2.75) is 50.5 Å². The SMILES string of the molecule is Cc1cccc(CS(=O)(=O)NC2CCC(Oc3nccnc3C#N)CC2)c1. The Morgan fingerprint density at radius 1 is 1.22 bits per heavy atom. The number of nitriles is 1. The Morgan fingerprint density at radius 3 is 2.67 bits per heavy atom. The van der Waals surface area contributed by atoms with Crippen LogP contribution >= 0.6 is 0 Å². The van der Waals surface area contributed by atoms with Crippen LogP contribution in [0, 0.1) is 18.3 Å². The third-order valence-electron chi connectivity index (χ3n) is 4.51. The molecular weight excluding hydrogens is 364 g/mol. The van der Waals surface area contributed by atoms with Gasteiger partial charge in [0, 0.05) is 18.4 Å². The maximum absolute atomic E-state index is 12.4. The fraction of sp³-hybridized carbons (Fsp3) is 0.421. The van der Waals surface area contributed by atoms with Crippen molar-refractivity contribution in [3.05, 3.63) is 53.5 Å². The second-order valence-electron chi connectivity index (χ2n) is 6.78. The van der Waals surface area contributed by atoms with Crippen LogP contribution in [-0.4, -0.2) is 30.5 Å². The lowest BCUT2D eigenvalue weighted by Crippen LogP contribution is -2.40. The van der Waals surface area contributed by atoms with Gasteiger partial charge in [-0.05, 0) is 38.2 Å². The Kier molecular flexibility index (Phi) is 6.04. The van der Waals surface area contributed by atoms with E-state index < -0.39 is 10.0 Å². The molecule has 0 atom stereocenters. The Balaban J connectivity index is 1.52. The van der Waals surface area contributed by atoms with Crippen molar-refractivity contribution in [2.75, 3.05) is 0 Å². The van der Waals surface area contributed by atoms with E-state index in [1.54, 1.807) is 0 Å². The first kappa shape index (κ1) is 19.3. The lowest BCUT2D eigenvalue weighted by atomic mass is 9.94. The van der Waals surface area contributed by atoms with Crippen LogP contribution in [0.15, 0.2) is 36.7 Å². The van der Waals surface area contributed by atoms with E-state index in [1.165, 1.54) is 12.4 Å². The van der Waals surface area contributed by atoms with Gasteiger partial charge in [0.2, 0.25) is 15.7 Å². The van der Waals surface area contributed by atoms with E-state index in [0.717, 1.165) is 11.1 Å². The lowest BCUT2D eigenvalue weighted by Gasteiger charge is -2.29. The summed E-state index contributed by atoms with van der Waals surface area (Å²) < 4.78 is 33.5. The predicted molar refractivity (Wildman–Crippen MR) is 100 cm³/mol. The fourth-order valence-corrected chi connectivity index (χ4v) is 4.71. The first-order chi connectivity index (χ1) is 12.9. The van der Waals surface area contributed by atoms with Gasteiger partial charge in [0.15, 0.2) is 0 Å². The molecule has 0 radical (unpaired) electrons. The quantitative estimate of drug-likeness (QED) is 0.818. The van der Waals surface area contributed by atoms with Crippen LogP contribution in [-0.2, 0) is 15.8 Å². The van der Waals surface area contributed by atoms with E-state index >= 15 is 0 Å². The summed E-state index contributed by atoms with van der Waals surface area (Å²) in [6.45, 7) is 1.94. The maximum atomic E-state index is 12.4. The predicted octanol–water partition coefficient (Wildman–Crippen LogP) is 2.47. The van der Waals surface area contributed by atoms with Gasteiger partial charge in [-0.3, -0.25) is 0 Å². The van der Waals surface area contributed by atoms with Crippen molar-refractivity contribution in [1.29, 1.82) is 5.26 Å². The molecule has 0 bridgehead atoms. The van der Waals surface area contributed by atoms with E-state index in [4.69, 9.17) is 10.00 Å². The largest absolute Gasteiger partial charge is 0.472 e. The Morgan fingerprint density at radius 2 is 1.96 bits per heavy atom. The van der Waals surface area contributed by atoms with Gasteiger partial charge in [-0.25, -0.2) is 23.1 Å². The van der Waals surface area contributed by atoms with Crippen molar-refractivity contribution in [2.24, 2.45) is 0 Å². The summed E-state index contributed by atoms with van der Waals surface area (Å²) in [5.41, 5.74) is 1.99.